The van der Waals surface area contributed by atoms with Crippen LogP contribution in [0.1, 0.15) is 20.7 Å². The molecule has 11 heteroatoms. The number of hydrogen-bond donors (Lipinski definition) is 0. The molecule has 0 atom stereocenters. The van der Waals surface area contributed by atoms with Crippen molar-refractivity contribution < 1.29 is 35.5 Å². The largest absolute Gasteiger partial charge is 2.00 e. The molecule has 8 nitrogen and oxygen atoms in total. The zero-order chi connectivity index (χ0) is 19.8. The molecule has 140 valence electrons. The van der Waals surface area contributed by atoms with Crippen molar-refractivity contribution in [3.63, 3.8) is 0 Å². The van der Waals surface area contributed by atoms with Gasteiger partial charge < -0.3 is 9.11 Å². The van der Waals surface area contributed by atoms with Gasteiger partial charge in [0.25, 0.3) is 0 Å². The summed E-state index contributed by atoms with van der Waals surface area (Å²) < 4.78 is 61.4. The minimum atomic E-state index is -4.47. The molecular weight excluding hydrogens is 522 g/mol. The third-order valence-corrected chi connectivity index (χ3v) is 4.04. The SMILES string of the molecule is O=C(CS(=O)(=O)[O-])c1ccccc1.O=C(CS(=O)(=O)[O-])c1ccccc1.[Ba+2]. The van der Waals surface area contributed by atoms with E-state index in [1.807, 2.05) is 0 Å². The first-order valence-electron chi connectivity index (χ1n) is 7.01. The van der Waals surface area contributed by atoms with Gasteiger partial charge in [0.1, 0.15) is 31.7 Å². The van der Waals surface area contributed by atoms with Gasteiger partial charge in [-0.05, 0) is 0 Å². The maximum atomic E-state index is 11.1. The van der Waals surface area contributed by atoms with E-state index in [1.54, 1.807) is 36.4 Å². The Morgan fingerprint density at radius 1 is 0.630 bits per heavy atom. The quantitative estimate of drug-likeness (QED) is 0.294. The first-order chi connectivity index (χ1) is 12.0. The molecule has 0 aromatic heterocycles. The first-order valence-corrected chi connectivity index (χ1v) is 10.2. The van der Waals surface area contributed by atoms with Crippen LogP contribution >= 0.6 is 0 Å². The van der Waals surface area contributed by atoms with E-state index in [0.717, 1.165) is 0 Å². The molecule has 0 bridgehead atoms. The fraction of sp³-hybridized carbons (Fsp3) is 0.125. The predicted molar refractivity (Wildman–Crippen MR) is 96.4 cm³/mol. The van der Waals surface area contributed by atoms with Crippen molar-refractivity contribution in [3.8, 4) is 0 Å². The van der Waals surface area contributed by atoms with E-state index in [1.165, 1.54) is 24.3 Å². The van der Waals surface area contributed by atoms with E-state index in [2.05, 4.69) is 0 Å². The number of rotatable bonds is 6. The van der Waals surface area contributed by atoms with Crippen molar-refractivity contribution >= 4 is 80.7 Å². The Morgan fingerprint density at radius 2 is 0.889 bits per heavy atom. The van der Waals surface area contributed by atoms with Gasteiger partial charge in [-0.3, -0.25) is 9.59 Å². The topological polar surface area (TPSA) is 149 Å². The van der Waals surface area contributed by atoms with Crippen LogP contribution < -0.4 is 0 Å². The summed E-state index contributed by atoms with van der Waals surface area (Å²) in [6.07, 6.45) is 0. The molecule has 0 aliphatic heterocycles. The summed E-state index contributed by atoms with van der Waals surface area (Å²) >= 11 is 0. The number of carbonyl (C=O) groups is 2. The normalized spacial score (nSPS) is 10.7. The van der Waals surface area contributed by atoms with Crippen LogP contribution in [-0.2, 0) is 20.2 Å². The van der Waals surface area contributed by atoms with Crippen molar-refractivity contribution in [2.75, 3.05) is 11.5 Å². The number of ketones is 2. The van der Waals surface area contributed by atoms with Crippen LogP contribution in [0.15, 0.2) is 60.7 Å². The second-order valence-electron chi connectivity index (χ2n) is 4.98. The Labute approximate surface area is 197 Å². The molecule has 0 aliphatic rings. The smallest absolute Gasteiger partial charge is 0.748 e. The molecule has 2 aromatic rings. The second-order valence-corrected chi connectivity index (χ2v) is 7.79. The van der Waals surface area contributed by atoms with Gasteiger partial charge in [-0.25, -0.2) is 16.8 Å². The van der Waals surface area contributed by atoms with Crippen molar-refractivity contribution in [2.24, 2.45) is 0 Å². The number of Topliss-reactive ketones (excluding diaryl/α,β-unsaturated/α-hetero) is 2. The minimum absolute atomic E-state index is 0. The molecule has 2 aromatic carbocycles. The Bertz CT molecular complexity index is 874. The number of hydrogen-bond acceptors (Lipinski definition) is 8. The molecule has 0 saturated heterocycles. The van der Waals surface area contributed by atoms with Gasteiger partial charge in [0.15, 0.2) is 11.6 Å². The molecule has 0 radical (unpaired) electrons. The Hall–Kier alpha value is -0.829. The van der Waals surface area contributed by atoms with E-state index < -0.39 is 43.3 Å². The van der Waals surface area contributed by atoms with Crippen LogP contribution in [0.3, 0.4) is 0 Å². The first kappa shape index (κ1) is 26.2. The molecular formula is C16H14BaO8S2. The molecule has 0 amide bonds. The number of carbonyl (C=O) groups excluding carboxylic acids is 2. The van der Waals surface area contributed by atoms with Crippen molar-refractivity contribution in [2.45, 2.75) is 0 Å². The van der Waals surface area contributed by atoms with Gasteiger partial charge >= 0.3 is 48.9 Å². The van der Waals surface area contributed by atoms with Crippen LogP contribution in [0.25, 0.3) is 0 Å². The maximum Gasteiger partial charge on any atom is 2.00 e. The van der Waals surface area contributed by atoms with E-state index in [0.29, 0.717) is 0 Å². The molecule has 0 spiro atoms. The van der Waals surface area contributed by atoms with Crippen molar-refractivity contribution in [3.05, 3.63) is 71.8 Å². The van der Waals surface area contributed by atoms with E-state index in [9.17, 15) is 35.5 Å². The van der Waals surface area contributed by atoms with Gasteiger partial charge in [0.05, 0.1) is 0 Å². The van der Waals surface area contributed by atoms with Crippen LogP contribution in [0, 0.1) is 0 Å². The number of benzene rings is 2. The van der Waals surface area contributed by atoms with Crippen molar-refractivity contribution in [1.82, 2.24) is 0 Å². The predicted octanol–water partition coefficient (Wildman–Crippen LogP) is 0.448. The second kappa shape index (κ2) is 11.9. The molecule has 0 aliphatic carbocycles. The summed E-state index contributed by atoms with van der Waals surface area (Å²) in [5.41, 5.74) is 0.476. The average Bonchev–Trinajstić information content (AvgIpc) is 2.54. The molecule has 0 unspecified atom stereocenters. The Balaban J connectivity index is 0.000000483. The molecule has 2 rings (SSSR count). The summed E-state index contributed by atoms with van der Waals surface area (Å²) in [5.74, 6) is -3.29. The van der Waals surface area contributed by atoms with E-state index in [4.69, 9.17) is 0 Å². The fourth-order valence-corrected chi connectivity index (χ4v) is 2.71. The molecule has 0 N–H and O–H groups in total. The fourth-order valence-electron chi connectivity index (χ4n) is 1.74. The zero-order valence-electron chi connectivity index (χ0n) is 14.0. The van der Waals surface area contributed by atoms with Gasteiger partial charge in [-0.15, -0.1) is 0 Å². The molecule has 27 heavy (non-hydrogen) atoms. The van der Waals surface area contributed by atoms with Crippen LogP contribution in [0.2, 0.25) is 0 Å². The van der Waals surface area contributed by atoms with Crippen LogP contribution in [-0.4, -0.2) is 97.9 Å². The summed E-state index contributed by atoms with van der Waals surface area (Å²) in [4.78, 5) is 22.2. The summed E-state index contributed by atoms with van der Waals surface area (Å²) in [5, 5.41) is 0. The van der Waals surface area contributed by atoms with E-state index >= 15 is 0 Å². The summed E-state index contributed by atoms with van der Waals surface area (Å²) in [6, 6.07) is 15.7. The standard InChI is InChI=1S/2C8H8O4S.Ba/c2*9-8(6-13(10,11)12)7-4-2-1-3-5-7;/h2*1-5H,6H2,(H,10,11,12);/q;;+2/p-2. The van der Waals surface area contributed by atoms with Crippen LogP contribution in [0.5, 0.6) is 0 Å². The third kappa shape index (κ3) is 12.3. The molecule has 0 heterocycles. The Kier molecular flexibility index (Phi) is 11.5. The van der Waals surface area contributed by atoms with Gasteiger partial charge in [-0.2, -0.15) is 0 Å². The van der Waals surface area contributed by atoms with Gasteiger partial charge in [-0.1, -0.05) is 60.7 Å². The van der Waals surface area contributed by atoms with E-state index in [-0.39, 0.29) is 60.0 Å². The summed E-state index contributed by atoms with van der Waals surface area (Å²) in [6.45, 7) is 0. The Morgan fingerprint density at radius 3 is 1.11 bits per heavy atom. The maximum absolute atomic E-state index is 11.1. The average molecular weight is 536 g/mol. The monoisotopic (exact) mass is 536 g/mol. The van der Waals surface area contributed by atoms with Crippen LogP contribution in [0.4, 0.5) is 0 Å². The van der Waals surface area contributed by atoms with Gasteiger partial charge in [0, 0.05) is 11.1 Å². The van der Waals surface area contributed by atoms with Gasteiger partial charge in [0.2, 0.25) is 0 Å². The summed E-state index contributed by atoms with van der Waals surface area (Å²) in [7, 11) is -8.94. The minimum Gasteiger partial charge on any atom is -0.748 e. The molecule has 0 saturated carbocycles. The third-order valence-electron chi connectivity index (χ3n) is 2.81. The molecule has 0 fully saturated rings. The van der Waals surface area contributed by atoms with Crippen molar-refractivity contribution in [1.29, 1.82) is 0 Å². The zero-order valence-corrected chi connectivity index (χ0v) is 20.1.